The molecule has 0 heterocycles. The average Bonchev–Trinajstić information content (AvgIpc) is 0.722. The summed E-state index contributed by atoms with van der Waals surface area (Å²) in [5, 5.41) is 0. The number of phosphoric acid groups is 1. The van der Waals surface area contributed by atoms with E-state index in [9.17, 15) is 0 Å². The van der Waals surface area contributed by atoms with Crippen LogP contribution in [0, 0.1) is 0 Å². The molecule has 4 nitrogen and oxygen atoms in total. The maximum atomic E-state index is 8.88. The third-order valence-electron chi connectivity index (χ3n) is 0. The summed E-state index contributed by atoms with van der Waals surface area (Å²) < 4.78 is 8.88. The van der Waals surface area contributed by atoms with Crippen LogP contribution in [-0.2, 0) is 31.9 Å². The van der Waals surface area contributed by atoms with Crippen molar-refractivity contribution < 1.29 is 49.4 Å². The van der Waals surface area contributed by atoms with Gasteiger partial charge in [-0.2, -0.15) is 0 Å². The topological polar surface area (TPSA) is 77.8 Å². The third kappa shape index (κ3) is 60.2. The van der Waals surface area contributed by atoms with E-state index in [0.717, 1.165) is 0 Å². The molecular formula is H7CaCdO4PPb. The van der Waals surface area contributed by atoms with Crippen LogP contribution < -0.4 is 0 Å². The first-order valence-corrected chi connectivity index (χ1v) is 2.35. The molecular weight excluding hydrogens is 455 g/mol. The quantitative estimate of drug-likeness (QED) is 0.288. The minimum absolute atomic E-state index is 0. The van der Waals surface area contributed by atoms with Crippen molar-refractivity contribution >= 4 is 72.9 Å². The van der Waals surface area contributed by atoms with Crippen molar-refractivity contribution in [2.24, 2.45) is 0 Å². The fourth-order valence-electron chi connectivity index (χ4n) is 0. The van der Waals surface area contributed by atoms with E-state index in [1.807, 2.05) is 0 Å². The third-order valence-corrected chi connectivity index (χ3v) is 0. The second-order valence-corrected chi connectivity index (χ2v) is 1.54. The molecule has 0 saturated carbocycles. The summed E-state index contributed by atoms with van der Waals surface area (Å²) in [4.78, 5) is 21.6. The Morgan fingerprint density at radius 1 is 1.25 bits per heavy atom. The van der Waals surface area contributed by atoms with Crippen LogP contribution >= 0.6 is 7.82 Å². The molecule has 0 atom stereocenters. The Balaban J connectivity index is -0.00000000800. The van der Waals surface area contributed by atoms with Gasteiger partial charge in [0.1, 0.15) is 0 Å². The van der Waals surface area contributed by atoms with Crippen molar-refractivity contribution in [2.75, 3.05) is 0 Å². The molecule has 8 heteroatoms. The van der Waals surface area contributed by atoms with Gasteiger partial charge in [0.15, 0.2) is 0 Å². The minimum atomic E-state index is -4.64. The summed E-state index contributed by atoms with van der Waals surface area (Å²) in [6, 6.07) is 0. The van der Waals surface area contributed by atoms with Crippen LogP contribution in [0.3, 0.4) is 0 Å². The van der Waals surface area contributed by atoms with Gasteiger partial charge in [-0.25, -0.2) is 4.57 Å². The van der Waals surface area contributed by atoms with Crippen LogP contribution in [0.1, 0.15) is 2.85 Å². The molecule has 0 fully saturated rings. The molecule has 0 aliphatic rings. The first-order chi connectivity index (χ1) is 2.00. The van der Waals surface area contributed by atoms with E-state index in [1.165, 1.54) is 0 Å². The molecule has 2 radical (unpaired) electrons. The van der Waals surface area contributed by atoms with Gasteiger partial charge in [0, 0.05) is 27.3 Å². The first kappa shape index (κ1) is 22.5. The Bertz CT molecular complexity index is 69.4. The predicted octanol–water partition coefficient (Wildman–Crippen LogP) is -2.00. The molecule has 0 saturated heterocycles. The SMILES string of the molecule is O=P(O)(O)O.[Ca+2].[Cd].[H-].[H-].[PbH2]. The average molecular weight is 462 g/mol. The van der Waals surface area contributed by atoms with Gasteiger partial charge < -0.3 is 17.5 Å². The zero-order valence-electron chi connectivity index (χ0n) is 6.32. The van der Waals surface area contributed by atoms with Crippen molar-refractivity contribution in [1.29, 1.82) is 0 Å². The van der Waals surface area contributed by atoms with Crippen LogP contribution in [0.15, 0.2) is 0 Å². The van der Waals surface area contributed by atoms with Crippen LogP contribution in [0.25, 0.3) is 0 Å². The molecule has 0 aromatic rings. The van der Waals surface area contributed by atoms with Crippen molar-refractivity contribution in [2.45, 2.75) is 0 Å². The molecule has 44 valence electrons. The fourth-order valence-corrected chi connectivity index (χ4v) is 0. The Hall–Kier alpha value is 3.21. The van der Waals surface area contributed by atoms with Gasteiger partial charge in [-0.1, -0.05) is 0 Å². The van der Waals surface area contributed by atoms with Gasteiger partial charge in [-0.3, -0.25) is 0 Å². The van der Waals surface area contributed by atoms with Gasteiger partial charge >= 0.3 is 72.9 Å². The summed E-state index contributed by atoms with van der Waals surface area (Å²) in [6.07, 6.45) is 0. The predicted molar refractivity (Wildman–Crippen MR) is 30.8 cm³/mol. The van der Waals surface area contributed by atoms with Crippen LogP contribution in [0.4, 0.5) is 0 Å². The van der Waals surface area contributed by atoms with E-state index >= 15 is 0 Å². The van der Waals surface area contributed by atoms with Crippen molar-refractivity contribution in [1.82, 2.24) is 0 Å². The summed E-state index contributed by atoms with van der Waals surface area (Å²) >= 11 is 0. The molecule has 0 rings (SSSR count). The van der Waals surface area contributed by atoms with Crippen LogP contribution in [0.2, 0.25) is 0 Å². The first-order valence-electron chi connectivity index (χ1n) is 0.783. The van der Waals surface area contributed by atoms with E-state index in [4.69, 9.17) is 19.2 Å². The van der Waals surface area contributed by atoms with E-state index in [2.05, 4.69) is 0 Å². The van der Waals surface area contributed by atoms with E-state index < -0.39 is 7.82 Å². The van der Waals surface area contributed by atoms with E-state index in [-0.39, 0.29) is 95.2 Å². The van der Waals surface area contributed by atoms with Crippen molar-refractivity contribution in [3.8, 4) is 0 Å². The molecule has 0 bridgehead atoms. The molecule has 0 amide bonds. The molecule has 3 N–H and O–H groups in total. The van der Waals surface area contributed by atoms with Crippen molar-refractivity contribution in [3.63, 3.8) is 0 Å². The van der Waals surface area contributed by atoms with Crippen molar-refractivity contribution in [3.05, 3.63) is 0 Å². The molecule has 0 unspecified atom stereocenters. The van der Waals surface area contributed by atoms with Crippen LogP contribution in [0.5, 0.6) is 0 Å². The summed E-state index contributed by atoms with van der Waals surface area (Å²) in [5.74, 6) is 0. The van der Waals surface area contributed by atoms with E-state index in [0.29, 0.717) is 0 Å². The Labute approximate surface area is 120 Å². The Morgan fingerprint density at radius 2 is 1.25 bits per heavy atom. The maximum absolute atomic E-state index is 8.88. The molecule has 0 aromatic carbocycles. The van der Waals surface area contributed by atoms with Gasteiger partial charge in [-0.15, -0.1) is 0 Å². The summed E-state index contributed by atoms with van der Waals surface area (Å²) in [6.45, 7) is 0. The second-order valence-electron chi connectivity index (χ2n) is 0.513. The van der Waals surface area contributed by atoms with E-state index in [1.54, 1.807) is 0 Å². The molecule has 0 aliphatic carbocycles. The Kier molecular flexibility index (Phi) is 28.7. The summed E-state index contributed by atoms with van der Waals surface area (Å²) in [7, 11) is -4.64. The fraction of sp³-hybridized carbons (Fsp3) is 0. The standard InChI is InChI=1S/Ca.Cd.H3O4P.Pb.4H/c;;1-5(2,3)4;;;;;/h;;(H3,1,2,3,4);;;;;/q+2;;;;;;2*-1. The molecule has 0 aromatic heterocycles. The monoisotopic (exact) mass is 464 g/mol. The number of hydrogen-bond donors (Lipinski definition) is 3. The molecule has 0 spiro atoms. The normalized spacial score (nSPS) is 7.38. The van der Waals surface area contributed by atoms with Gasteiger partial charge in [-0.05, 0) is 0 Å². The zero-order chi connectivity index (χ0) is 4.50. The van der Waals surface area contributed by atoms with Gasteiger partial charge in [0.05, 0.1) is 0 Å². The van der Waals surface area contributed by atoms with Gasteiger partial charge in [0.25, 0.3) is 0 Å². The van der Waals surface area contributed by atoms with Gasteiger partial charge in [0.2, 0.25) is 0 Å². The molecule has 8 heavy (non-hydrogen) atoms. The van der Waals surface area contributed by atoms with Crippen LogP contribution in [-0.4, -0.2) is 79.7 Å². The summed E-state index contributed by atoms with van der Waals surface area (Å²) in [5.41, 5.74) is 0. The number of hydrogen-bond acceptors (Lipinski definition) is 1. The zero-order valence-corrected chi connectivity index (χ0v) is 17.0. The second kappa shape index (κ2) is 10.2. The Morgan fingerprint density at radius 3 is 1.25 bits per heavy atom. The number of rotatable bonds is 0. The molecule has 0 aliphatic heterocycles.